The van der Waals surface area contributed by atoms with Crippen molar-refractivity contribution < 1.29 is 0 Å². The highest BCUT2D eigenvalue weighted by atomic mass is 35.5. The molecule has 1 fully saturated rings. The Hall–Kier alpha value is -0.890. The molecule has 82 valence electrons. The summed E-state index contributed by atoms with van der Waals surface area (Å²) in [7, 11) is 2.09. The Morgan fingerprint density at radius 3 is 2.73 bits per heavy atom. The van der Waals surface area contributed by atoms with Crippen molar-refractivity contribution in [3.8, 4) is 0 Å². The molecule has 2 rings (SSSR count). The van der Waals surface area contributed by atoms with Crippen LogP contribution in [0.5, 0.6) is 0 Å². The molecular weight excluding hydrogens is 208 g/mol. The van der Waals surface area contributed by atoms with Crippen LogP contribution in [0.1, 0.15) is 19.3 Å². The quantitative estimate of drug-likeness (QED) is 0.800. The average molecular weight is 225 g/mol. The van der Waals surface area contributed by atoms with Crippen molar-refractivity contribution in [2.45, 2.75) is 19.3 Å². The third-order valence-electron chi connectivity index (χ3n) is 3.14. The molecule has 3 heteroatoms. The lowest BCUT2D eigenvalue weighted by Crippen LogP contribution is -2.29. The van der Waals surface area contributed by atoms with Crippen LogP contribution in [-0.2, 0) is 0 Å². The van der Waals surface area contributed by atoms with Crippen molar-refractivity contribution in [1.82, 2.24) is 0 Å². The van der Waals surface area contributed by atoms with Gasteiger partial charge in [0.1, 0.15) is 0 Å². The molecule has 0 amide bonds. The van der Waals surface area contributed by atoms with Crippen LogP contribution in [0, 0.1) is 5.92 Å². The van der Waals surface area contributed by atoms with Gasteiger partial charge < -0.3 is 10.6 Å². The van der Waals surface area contributed by atoms with E-state index in [1.165, 1.54) is 19.3 Å². The molecule has 1 aliphatic carbocycles. The van der Waals surface area contributed by atoms with Crippen molar-refractivity contribution in [2.75, 3.05) is 24.2 Å². The van der Waals surface area contributed by atoms with E-state index in [0.29, 0.717) is 0 Å². The van der Waals surface area contributed by atoms with Crippen molar-refractivity contribution in [3.63, 3.8) is 0 Å². The van der Waals surface area contributed by atoms with Crippen LogP contribution in [0.2, 0.25) is 5.02 Å². The van der Waals surface area contributed by atoms with Gasteiger partial charge in [-0.1, -0.05) is 18.0 Å². The number of benzene rings is 1. The van der Waals surface area contributed by atoms with Crippen LogP contribution in [-0.4, -0.2) is 13.6 Å². The lowest BCUT2D eigenvalue weighted by Gasteiger charge is -2.31. The van der Waals surface area contributed by atoms with Gasteiger partial charge in [-0.25, -0.2) is 0 Å². The zero-order chi connectivity index (χ0) is 10.8. The van der Waals surface area contributed by atoms with Crippen LogP contribution >= 0.6 is 11.6 Å². The molecular formula is C12H17ClN2. The van der Waals surface area contributed by atoms with E-state index in [-0.39, 0.29) is 0 Å². The molecule has 0 atom stereocenters. The largest absolute Gasteiger partial charge is 0.399 e. The first-order valence-corrected chi connectivity index (χ1v) is 5.81. The minimum Gasteiger partial charge on any atom is -0.399 e. The number of anilines is 2. The molecule has 0 bridgehead atoms. The maximum Gasteiger partial charge on any atom is 0.0659 e. The lowest BCUT2D eigenvalue weighted by atomic mass is 9.85. The number of halogens is 1. The summed E-state index contributed by atoms with van der Waals surface area (Å²) in [6.07, 6.45) is 4.10. The van der Waals surface area contributed by atoms with Crippen molar-refractivity contribution >= 4 is 23.0 Å². The molecule has 1 aromatic rings. The van der Waals surface area contributed by atoms with Gasteiger partial charge in [0.25, 0.3) is 0 Å². The molecule has 15 heavy (non-hydrogen) atoms. The monoisotopic (exact) mass is 224 g/mol. The Bertz CT molecular complexity index is 347. The molecule has 1 aliphatic rings. The van der Waals surface area contributed by atoms with Crippen LogP contribution in [0.3, 0.4) is 0 Å². The first kappa shape index (κ1) is 10.6. The third-order valence-corrected chi connectivity index (χ3v) is 3.44. The molecule has 2 N–H and O–H groups in total. The molecule has 0 unspecified atom stereocenters. The molecule has 0 heterocycles. The second-order valence-electron chi connectivity index (χ2n) is 4.39. The lowest BCUT2D eigenvalue weighted by molar-refractivity contribution is 0.321. The normalized spacial score (nSPS) is 16.1. The third kappa shape index (κ3) is 2.37. The number of hydrogen-bond donors (Lipinski definition) is 1. The van der Waals surface area contributed by atoms with Gasteiger partial charge in [-0.05, 0) is 37.0 Å². The fourth-order valence-corrected chi connectivity index (χ4v) is 2.33. The van der Waals surface area contributed by atoms with Crippen LogP contribution in [0.15, 0.2) is 18.2 Å². The fourth-order valence-electron chi connectivity index (χ4n) is 1.99. The maximum absolute atomic E-state index is 6.15. The number of nitrogens with two attached hydrogens (primary N) is 1. The zero-order valence-corrected chi connectivity index (χ0v) is 9.80. The van der Waals surface area contributed by atoms with Crippen molar-refractivity contribution in [3.05, 3.63) is 23.2 Å². The van der Waals surface area contributed by atoms with Gasteiger partial charge in [0.15, 0.2) is 0 Å². The summed E-state index contributed by atoms with van der Waals surface area (Å²) in [5, 5.41) is 0.747. The predicted molar refractivity (Wildman–Crippen MR) is 66.5 cm³/mol. The smallest absolute Gasteiger partial charge is 0.0659 e. The molecule has 1 aromatic carbocycles. The van der Waals surface area contributed by atoms with Crippen LogP contribution < -0.4 is 10.6 Å². The summed E-state index contributed by atoms with van der Waals surface area (Å²) >= 11 is 6.15. The first-order chi connectivity index (χ1) is 7.16. The average Bonchev–Trinajstić information content (AvgIpc) is 2.11. The highest BCUT2D eigenvalue weighted by molar-refractivity contribution is 6.33. The summed E-state index contributed by atoms with van der Waals surface area (Å²) in [6.45, 7) is 1.10. The molecule has 0 spiro atoms. The van der Waals surface area contributed by atoms with Gasteiger partial charge in [0, 0.05) is 19.3 Å². The van der Waals surface area contributed by atoms with Gasteiger partial charge in [-0.3, -0.25) is 0 Å². The highest BCUT2D eigenvalue weighted by Crippen LogP contribution is 2.31. The minimum absolute atomic E-state index is 0.723. The van der Waals surface area contributed by atoms with Gasteiger partial charge in [-0.2, -0.15) is 0 Å². The van der Waals surface area contributed by atoms with E-state index in [1.807, 2.05) is 18.2 Å². The Balaban J connectivity index is 2.06. The maximum atomic E-state index is 6.15. The van der Waals surface area contributed by atoms with Gasteiger partial charge in [0.2, 0.25) is 0 Å². The second-order valence-corrected chi connectivity index (χ2v) is 4.80. The first-order valence-electron chi connectivity index (χ1n) is 5.43. The summed E-state index contributed by atoms with van der Waals surface area (Å²) in [5.74, 6) is 0.851. The van der Waals surface area contributed by atoms with E-state index in [1.54, 1.807) is 0 Å². The summed E-state index contributed by atoms with van der Waals surface area (Å²) in [4.78, 5) is 2.23. The Morgan fingerprint density at radius 1 is 1.47 bits per heavy atom. The summed E-state index contributed by atoms with van der Waals surface area (Å²) < 4.78 is 0. The number of hydrogen-bond acceptors (Lipinski definition) is 2. The fraction of sp³-hybridized carbons (Fsp3) is 0.500. The van der Waals surface area contributed by atoms with Crippen LogP contribution in [0.25, 0.3) is 0 Å². The Labute approximate surface area is 96.0 Å². The van der Waals surface area contributed by atoms with E-state index < -0.39 is 0 Å². The van der Waals surface area contributed by atoms with E-state index >= 15 is 0 Å². The summed E-state index contributed by atoms with van der Waals surface area (Å²) in [5.41, 5.74) is 7.47. The summed E-state index contributed by atoms with van der Waals surface area (Å²) in [6, 6.07) is 5.71. The van der Waals surface area contributed by atoms with Gasteiger partial charge in [0.05, 0.1) is 10.7 Å². The van der Waals surface area contributed by atoms with E-state index in [0.717, 1.165) is 28.9 Å². The number of nitrogen functional groups attached to an aromatic ring is 1. The molecule has 0 aromatic heterocycles. The standard InChI is InChI=1S/C12H17ClN2/c1-15(8-9-3-2-4-9)12-6-5-10(14)7-11(12)13/h5-7,9H,2-4,8,14H2,1H3. The topological polar surface area (TPSA) is 29.3 Å². The van der Waals surface area contributed by atoms with Crippen molar-refractivity contribution in [1.29, 1.82) is 0 Å². The number of nitrogens with zero attached hydrogens (tertiary/aromatic N) is 1. The van der Waals surface area contributed by atoms with Crippen LogP contribution in [0.4, 0.5) is 11.4 Å². The van der Waals surface area contributed by atoms with Crippen molar-refractivity contribution in [2.24, 2.45) is 5.92 Å². The SMILES string of the molecule is CN(CC1CCC1)c1ccc(N)cc1Cl. The minimum atomic E-state index is 0.723. The zero-order valence-electron chi connectivity index (χ0n) is 9.04. The Kier molecular flexibility index (Phi) is 3.06. The molecule has 1 saturated carbocycles. The van der Waals surface area contributed by atoms with Gasteiger partial charge in [-0.15, -0.1) is 0 Å². The predicted octanol–water partition coefficient (Wildman–Crippen LogP) is 3.16. The van der Waals surface area contributed by atoms with Gasteiger partial charge >= 0.3 is 0 Å². The molecule has 2 nitrogen and oxygen atoms in total. The van der Waals surface area contributed by atoms with E-state index in [2.05, 4.69) is 11.9 Å². The number of rotatable bonds is 3. The molecule has 0 radical (unpaired) electrons. The Morgan fingerprint density at radius 2 is 2.20 bits per heavy atom. The molecule has 0 aliphatic heterocycles. The van der Waals surface area contributed by atoms with E-state index in [9.17, 15) is 0 Å². The highest BCUT2D eigenvalue weighted by Gasteiger charge is 2.19. The second kappa shape index (κ2) is 4.31. The van der Waals surface area contributed by atoms with E-state index in [4.69, 9.17) is 17.3 Å². The molecule has 0 saturated heterocycles.